The van der Waals surface area contributed by atoms with Crippen LogP contribution in [0.25, 0.3) is 21.5 Å². The predicted octanol–water partition coefficient (Wildman–Crippen LogP) is 3.37. The summed E-state index contributed by atoms with van der Waals surface area (Å²) in [5.74, 6) is -4.23. The molecule has 0 unspecified atom stereocenters. The van der Waals surface area contributed by atoms with Crippen molar-refractivity contribution in [2.75, 3.05) is 0 Å². The Morgan fingerprint density at radius 3 is 2.52 bits per heavy atom. The average molecular weight is 284 g/mol. The molecular formula is C16H6F2O3. The van der Waals surface area contributed by atoms with Gasteiger partial charge in [0.15, 0.2) is 11.6 Å². The molecule has 0 bridgehead atoms. The lowest BCUT2D eigenvalue weighted by molar-refractivity contribution is -0.128. The van der Waals surface area contributed by atoms with Gasteiger partial charge >= 0.3 is 5.97 Å². The van der Waals surface area contributed by atoms with E-state index in [1.165, 1.54) is 0 Å². The molecular weight excluding hydrogens is 278 g/mol. The SMILES string of the molecule is O=C1Oc2c(F)cc3cc4ccccc4c(F)c3c2C1=O. The molecule has 0 aromatic heterocycles. The van der Waals surface area contributed by atoms with Gasteiger partial charge in [0, 0.05) is 10.8 Å². The molecule has 21 heavy (non-hydrogen) atoms. The average Bonchev–Trinajstić information content (AvgIpc) is 2.76. The quantitative estimate of drug-likeness (QED) is 0.275. The van der Waals surface area contributed by atoms with Crippen LogP contribution in [0.5, 0.6) is 5.75 Å². The minimum atomic E-state index is -1.19. The van der Waals surface area contributed by atoms with E-state index in [0.29, 0.717) is 10.8 Å². The molecule has 3 nitrogen and oxygen atoms in total. The molecule has 0 amide bonds. The van der Waals surface area contributed by atoms with Gasteiger partial charge < -0.3 is 4.74 Å². The number of hydrogen-bond acceptors (Lipinski definition) is 3. The van der Waals surface area contributed by atoms with E-state index >= 15 is 0 Å². The predicted molar refractivity (Wildman–Crippen MR) is 71.3 cm³/mol. The van der Waals surface area contributed by atoms with Gasteiger partial charge in [0.05, 0.1) is 5.56 Å². The van der Waals surface area contributed by atoms with Crippen LogP contribution in [-0.4, -0.2) is 11.8 Å². The highest BCUT2D eigenvalue weighted by atomic mass is 19.1. The number of carbonyl (C=O) groups is 2. The summed E-state index contributed by atoms with van der Waals surface area (Å²) in [4.78, 5) is 23.2. The number of hydrogen-bond donors (Lipinski definition) is 0. The smallest absolute Gasteiger partial charge is 0.385 e. The fourth-order valence-electron chi connectivity index (χ4n) is 2.68. The molecule has 3 aromatic carbocycles. The van der Waals surface area contributed by atoms with E-state index in [1.54, 1.807) is 30.3 Å². The molecule has 1 aliphatic heterocycles. The third kappa shape index (κ3) is 1.45. The van der Waals surface area contributed by atoms with Gasteiger partial charge in [0.1, 0.15) is 5.82 Å². The molecule has 0 N–H and O–H groups in total. The third-order valence-corrected chi connectivity index (χ3v) is 3.60. The first-order valence-electron chi connectivity index (χ1n) is 6.18. The van der Waals surface area contributed by atoms with Crippen molar-refractivity contribution >= 4 is 33.3 Å². The Bertz CT molecular complexity index is 976. The van der Waals surface area contributed by atoms with Crippen LogP contribution in [0.2, 0.25) is 0 Å². The van der Waals surface area contributed by atoms with Gasteiger partial charge in [-0.25, -0.2) is 13.6 Å². The summed E-state index contributed by atoms with van der Waals surface area (Å²) in [6, 6.07) is 9.27. The van der Waals surface area contributed by atoms with Gasteiger partial charge in [-0.1, -0.05) is 24.3 Å². The van der Waals surface area contributed by atoms with E-state index in [2.05, 4.69) is 4.74 Å². The number of ketones is 1. The number of Topliss-reactive ketones (excluding diaryl/α,β-unsaturated/α-hetero) is 1. The van der Waals surface area contributed by atoms with Crippen molar-refractivity contribution in [2.24, 2.45) is 0 Å². The maximum atomic E-state index is 14.7. The summed E-state index contributed by atoms with van der Waals surface area (Å²) in [5, 5.41) is 1.01. The van der Waals surface area contributed by atoms with Crippen LogP contribution in [-0.2, 0) is 4.79 Å². The van der Waals surface area contributed by atoms with E-state index in [1.807, 2.05) is 0 Å². The van der Waals surface area contributed by atoms with Crippen molar-refractivity contribution in [3.63, 3.8) is 0 Å². The first-order chi connectivity index (χ1) is 10.1. The van der Waals surface area contributed by atoms with Crippen LogP contribution in [0, 0.1) is 11.6 Å². The third-order valence-electron chi connectivity index (χ3n) is 3.60. The Labute approximate surface area is 116 Å². The number of benzene rings is 3. The maximum absolute atomic E-state index is 14.7. The second kappa shape index (κ2) is 3.85. The van der Waals surface area contributed by atoms with E-state index in [0.717, 1.165) is 6.07 Å². The number of halogens is 2. The van der Waals surface area contributed by atoms with Gasteiger partial charge in [-0.3, -0.25) is 4.79 Å². The number of fused-ring (bicyclic) bond motifs is 4. The second-order valence-electron chi connectivity index (χ2n) is 4.79. The van der Waals surface area contributed by atoms with Gasteiger partial charge in [0.2, 0.25) is 0 Å². The van der Waals surface area contributed by atoms with Gasteiger partial charge in [-0.15, -0.1) is 0 Å². The van der Waals surface area contributed by atoms with E-state index in [9.17, 15) is 18.4 Å². The van der Waals surface area contributed by atoms with Crippen molar-refractivity contribution in [1.29, 1.82) is 0 Å². The highest BCUT2D eigenvalue weighted by molar-refractivity contribution is 6.47. The lowest BCUT2D eigenvalue weighted by atomic mass is 9.97. The molecule has 3 aromatic rings. The summed E-state index contributed by atoms with van der Waals surface area (Å²) in [6.45, 7) is 0. The Hall–Kier alpha value is -2.82. The molecule has 0 fully saturated rings. The van der Waals surface area contributed by atoms with Crippen LogP contribution >= 0.6 is 0 Å². The monoisotopic (exact) mass is 284 g/mol. The van der Waals surface area contributed by atoms with Crippen molar-refractivity contribution < 1.29 is 23.1 Å². The maximum Gasteiger partial charge on any atom is 0.385 e. The van der Waals surface area contributed by atoms with Crippen LogP contribution < -0.4 is 4.74 Å². The van der Waals surface area contributed by atoms with Crippen LogP contribution in [0.1, 0.15) is 10.4 Å². The van der Waals surface area contributed by atoms with Gasteiger partial charge in [-0.05, 0) is 22.9 Å². The van der Waals surface area contributed by atoms with E-state index in [4.69, 9.17) is 0 Å². The summed E-state index contributed by atoms with van der Waals surface area (Å²) in [6.07, 6.45) is 0. The molecule has 1 heterocycles. The lowest BCUT2D eigenvalue weighted by Crippen LogP contribution is -2.10. The summed E-state index contributed by atoms with van der Waals surface area (Å²) < 4.78 is 33.3. The largest absolute Gasteiger partial charge is 0.417 e. The van der Waals surface area contributed by atoms with Gasteiger partial charge in [-0.2, -0.15) is 0 Å². The zero-order valence-corrected chi connectivity index (χ0v) is 10.4. The summed E-state index contributed by atoms with van der Waals surface area (Å²) in [5.41, 5.74) is -0.335. The first kappa shape index (κ1) is 12.0. The summed E-state index contributed by atoms with van der Waals surface area (Å²) in [7, 11) is 0. The van der Waals surface area contributed by atoms with Crippen molar-refractivity contribution in [2.45, 2.75) is 0 Å². The Morgan fingerprint density at radius 2 is 1.71 bits per heavy atom. The molecule has 4 rings (SSSR count). The van der Waals surface area contributed by atoms with Crippen molar-refractivity contribution in [1.82, 2.24) is 0 Å². The zero-order valence-electron chi connectivity index (χ0n) is 10.4. The zero-order chi connectivity index (χ0) is 14.7. The van der Waals surface area contributed by atoms with Crippen LogP contribution in [0.4, 0.5) is 8.78 Å². The number of ether oxygens (including phenoxy) is 1. The molecule has 5 heteroatoms. The number of esters is 1. The van der Waals surface area contributed by atoms with Crippen molar-refractivity contribution in [3.05, 3.63) is 53.6 Å². The molecule has 0 spiro atoms. The second-order valence-corrected chi connectivity index (χ2v) is 4.79. The molecule has 0 aliphatic carbocycles. The number of carbonyl (C=O) groups excluding carboxylic acids is 2. The van der Waals surface area contributed by atoms with Crippen LogP contribution in [0.15, 0.2) is 36.4 Å². The van der Waals surface area contributed by atoms with Crippen molar-refractivity contribution in [3.8, 4) is 5.75 Å². The summed E-state index contributed by atoms with van der Waals surface area (Å²) >= 11 is 0. The molecule has 0 radical (unpaired) electrons. The van der Waals surface area contributed by atoms with Gasteiger partial charge in [0.25, 0.3) is 5.78 Å². The normalized spacial score (nSPS) is 13.8. The highest BCUT2D eigenvalue weighted by Crippen LogP contribution is 2.39. The Kier molecular flexibility index (Phi) is 2.19. The molecule has 102 valence electrons. The molecule has 0 saturated carbocycles. The minimum absolute atomic E-state index is 0.0825. The van der Waals surface area contributed by atoms with E-state index in [-0.39, 0.29) is 16.3 Å². The van der Waals surface area contributed by atoms with E-state index < -0.39 is 29.1 Å². The molecule has 1 aliphatic rings. The first-order valence-corrected chi connectivity index (χ1v) is 6.18. The Morgan fingerprint density at radius 1 is 0.952 bits per heavy atom. The molecule has 0 saturated heterocycles. The topological polar surface area (TPSA) is 43.4 Å². The lowest BCUT2D eigenvalue weighted by Gasteiger charge is -2.08. The number of rotatable bonds is 0. The molecule has 0 atom stereocenters. The minimum Gasteiger partial charge on any atom is -0.417 e. The fraction of sp³-hybridized carbons (Fsp3) is 0. The standard InChI is InChI=1S/C16H6F2O3/c17-10-6-8-5-7-3-1-2-4-9(7)13(18)11(8)12-14(19)16(20)21-15(10)12/h1-6H. The van der Waals surface area contributed by atoms with Crippen LogP contribution in [0.3, 0.4) is 0 Å². The fourth-order valence-corrected chi connectivity index (χ4v) is 2.68. The highest BCUT2D eigenvalue weighted by Gasteiger charge is 2.36. The Balaban J connectivity index is 2.27.